The maximum absolute atomic E-state index is 5.58. The number of hydrogen-bond acceptors (Lipinski definition) is 2. The highest BCUT2D eigenvalue weighted by Gasteiger charge is 2.26. The number of para-hydroxylation sites is 4. The first-order valence-electron chi connectivity index (χ1n) is 30.5. The van der Waals surface area contributed by atoms with Crippen molar-refractivity contribution in [1.29, 1.82) is 0 Å². The molecule has 0 fully saturated rings. The van der Waals surface area contributed by atoms with Crippen LogP contribution in [0.2, 0.25) is 0 Å². The molecule has 0 aliphatic rings. The van der Waals surface area contributed by atoms with E-state index in [0.29, 0.717) is 5.82 Å². The van der Waals surface area contributed by atoms with Gasteiger partial charge in [-0.3, -0.25) is 0 Å². The van der Waals surface area contributed by atoms with E-state index in [1.54, 1.807) is 0 Å². The molecule has 0 radical (unpaired) electrons. The van der Waals surface area contributed by atoms with Gasteiger partial charge in [-0.2, -0.15) is 0 Å². The van der Waals surface area contributed by atoms with Crippen LogP contribution in [0.4, 0.5) is 0 Å². The van der Waals surface area contributed by atoms with Crippen LogP contribution in [-0.4, -0.2) is 23.7 Å². The average molecular weight is 1140 g/mol. The Morgan fingerprint density at radius 1 is 0.225 bits per heavy atom. The maximum Gasteiger partial charge on any atom is 0.160 e. The normalized spacial score (nSPS) is 11.7. The van der Waals surface area contributed by atoms with Gasteiger partial charge in [0.15, 0.2) is 5.82 Å². The average Bonchev–Trinajstić information content (AvgIpc) is 1.72. The van der Waals surface area contributed by atoms with E-state index < -0.39 is 0 Å². The Bertz CT molecular complexity index is 5200. The van der Waals surface area contributed by atoms with E-state index in [4.69, 9.17) is 9.97 Å². The first-order valence-corrected chi connectivity index (χ1v) is 30.5. The summed E-state index contributed by atoms with van der Waals surface area (Å²) in [5, 5.41) is 7.19. The van der Waals surface area contributed by atoms with Crippen molar-refractivity contribution < 1.29 is 0 Å². The SMILES string of the molecule is Cc1cccc(-c2ccc3c(c2)c2cc(-c4cccc(C)c4)ccc2n3-c2c(-c3cccc(-n4c5ccccc5c5ccccc54)c3)cc(-c3nc(-c4ccccc4)cc(-c4ccccc4)n3)cc2-c2cccc(-n3c4ccccc4c4ccccc43)c2)c1. The summed E-state index contributed by atoms with van der Waals surface area (Å²) in [6.07, 6.45) is 0. The largest absolute Gasteiger partial charge is 0.309 e. The molecule has 0 N–H and O–H groups in total. The molecule has 13 aromatic carbocycles. The van der Waals surface area contributed by atoms with Gasteiger partial charge in [-0.15, -0.1) is 0 Å². The molecule has 0 aliphatic heterocycles. The van der Waals surface area contributed by atoms with Crippen LogP contribution in [0.25, 0.3) is 161 Å². The van der Waals surface area contributed by atoms with E-state index in [1.165, 1.54) is 65.7 Å². The number of aryl methyl sites for hydroxylation is 2. The van der Waals surface area contributed by atoms with Gasteiger partial charge >= 0.3 is 0 Å². The molecule has 0 bridgehead atoms. The zero-order valence-electron chi connectivity index (χ0n) is 49.2. The van der Waals surface area contributed by atoms with Gasteiger partial charge in [0.05, 0.1) is 50.2 Å². The molecule has 89 heavy (non-hydrogen) atoms. The molecule has 0 saturated carbocycles. The van der Waals surface area contributed by atoms with E-state index in [0.717, 1.165) is 100 Å². The van der Waals surface area contributed by atoms with Crippen molar-refractivity contribution in [3.63, 3.8) is 0 Å². The fourth-order valence-corrected chi connectivity index (χ4v) is 13.8. The highest BCUT2D eigenvalue weighted by Crippen LogP contribution is 2.47. The third-order valence-corrected chi connectivity index (χ3v) is 17.9. The summed E-state index contributed by atoms with van der Waals surface area (Å²) in [5.41, 5.74) is 25.9. The van der Waals surface area contributed by atoms with Crippen molar-refractivity contribution in [2.75, 3.05) is 0 Å². The van der Waals surface area contributed by atoms with Gasteiger partial charge in [-0.25, -0.2) is 9.97 Å². The summed E-state index contributed by atoms with van der Waals surface area (Å²) in [7, 11) is 0. The molecule has 0 saturated heterocycles. The molecule has 0 aliphatic carbocycles. The third-order valence-electron chi connectivity index (χ3n) is 17.9. The Morgan fingerprint density at radius 3 is 0.989 bits per heavy atom. The number of aromatic nitrogens is 5. The van der Waals surface area contributed by atoms with Gasteiger partial charge in [0.1, 0.15) is 0 Å². The number of rotatable bonds is 10. The van der Waals surface area contributed by atoms with Crippen molar-refractivity contribution in [3.05, 3.63) is 321 Å². The predicted molar refractivity (Wildman–Crippen MR) is 373 cm³/mol. The minimum Gasteiger partial charge on any atom is -0.309 e. The summed E-state index contributed by atoms with van der Waals surface area (Å²) < 4.78 is 7.40. The summed E-state index contributed by atoms with van der Waals surface area (Å²) in [4.78, 5) is 11.2. The summed E-state index contributed by atoms with van der Waals surface area (Å²) >= 11 is 0. The van der Waals surface area contributed by atoms with Crippen molar-refractivity contribution >= 4 is 65.4 Å². The van der Waals surface area contributed by atoms with Gasteiger partial charge in [0.2, 0.25) is 0 Å². The van der Waals surface area contributed by atoms with Crippen LogP contribution in [0.3, 0.4) is 0 Å². The Kier molecular flexibility index (Phi) is 12.3. The summed E-state index contributed by atoms with van der Waals surface area (Å²) in [6.45, 7) is 4.35. The lowest BCUT2D eigenvalue weighted by Crippen LogP contribution is -2.04. The van der Waals surface area contributed by atoms with E-state index in [1.807, 2.05) is 0 Å². The summed E-state index contributed by atoms with van der Waals surface area (Å²) in [5.74, 6) is 0.629. The first kappa shape index (κ1) is 51.7. The molecule has 4 heterocycles. The molecule has 0 spiro atoms. The quantitative estimate of drug-likeness (QED) is 0.137. The fourth-order valence-electron chi connectivity index (χ4n) is 13.8. The summed E-state index contributed by atoms with van der Waals surface area (Å²) in [6, 6.07) is 113. The third kappa shape index (κ3) is 8.85. The van der Waals surface area contributed by atoms with E-state index in [-0.39, 0.29) is 0 Å². The van der Waals surface area contributed by atoms with Crippen molar-refractivity contribution in [2.24, 2.45) is 0 Å². The lowest BCUT2D eigenvalue weighted by atomic mass is 9.91. The molecule has 17 rings (SSSR count). The van der Waals surface area contributed by atoms with Gasteiger partial charge in [0, 0.05) is 71.5 Å². The van der Waals surface area contributed by atoms with E-state index >= 15 is 0 Å². The molecule has 5 heteroatoms. The molecule has 4 aromatic heterocycles. The van der Waals surface area contributed by atoms with E-state index in [2.05, 4.69) is 337 Å². The number of hydrogen-bond donors (Lipinski definition) is 0. The Labute approximate surface area is 516 Å². The Balaban J connectivity index is 1.02. The molecule has 0 amide bonds. The lowest BCUT2D eigenvalue weighted by Gasteiger charge is -2.22. The smallest absolute Gasteiger partial charge is 0.160 e. The number of fused-ring (bicyclic) bond motifs is 9. The second kappa shape index (κ2) is 21.1. The second-order valence-corrected chi connectivity index (χ2v) is 23.5. The molecular formula is C84H57N5. The Morgan fingerprint density at radius 2 is 0.573 bits per heavy atom. The minimum absolute atomic E-state index is 0.629. The maximum atomic E-state index is 5.58. The van der Waals surface area contributed by atoms with Crippen LogP contribution in [0.15, 0.2) is 309 Å². The minimum atomic E-state index is 0.629. The molecular weight excluding hydrogens is 1080 g/mol. The molecule has 418 valence electrons. The van der Waals surface area contributed by atoms with Crippen LogP contribution < -0.4 is 0 Å². The first-order chi connectivity index (χ1) is 43.9. The fraction of sp³-hybridized carbons (Fsp3) is 0.0238. The van der Waals surface area contributed by atoms with Gasteiger partial charge < -0.3 is 13.7 Å². The highest BCUT2D eigenvalue weighted by atomic mass is 15.0. The van der Waals surface area contributed by atoms with Crippen LogP contribution in [0.1, 0.15) is 11.1 Å². The van der Waals surface area contributed by atoms with Crippen LogP contribution in [0, 0.1) is 13.8 Å². The zero-order valence-corrected chi connectivity index (χ0v) is 49.2. The second-order valence-electron chi connectivity index (χ2n) is 23.5. The van der Waals surface area contributed by atoms with Crippen molar-refractivity contribution in [3.8, 4) is 95.5 Å². The predicted octanol–water partition coefficient (Wildman–Crippen LogP) is 22.1. The topological polar surface area (TPSA) is 40.6 Å². The highest BCUT2D eigenvalue weighted by molar-refractivity contribution is 6.14. The zero-order chi connectivity index (χ0) is 59.1. The van der Waals surface area contributed by atoms with Gasteiger partial charge in [0.25, 0.3) is 0 Å². The van der Waals surface area contributed by atoms with Gasteiger partial charge in [-0.05, 0) is 138 Å². The number of nitrogens with zero attached hydrogens (tertiary/aromatic N) is 5. The van der Waals surface area contributed by atoms with Crippen LogP contribution in [0.5, 0.6) is 0 Å². The molecule has 17 aromatic rings. The van der Waals surface area contributed by atoms with Gasteiger partial charge in [-0.1, -0.05) is 230 Å². The standard InChI is InChI=1S/C84H57N5/c1-54-21-17-27-58(45-54)60-41-43-81-73(49-60)74-50-61(59-28-18-22-55(2)46-59)42-44-82(74)89(81)83-71(62-29-19-31-65(47-62)87-77-37-13-9-33-67(77)68-34-10-14-38-78(68)87)51-64(84-85-75(56-23-5-3-6-24-56)53-76(86-84)57-25-7-4-8-26-57)52-72(83)63-30-20-32-66(48-63)88-79-39-15-11-35-69(79)70-36-12-16-40-80(70)88/h3-53H,1-2H3. The van der Waals surface area contributed by atoms with Crippen LogP contribution in [-0.2, 0) is 0 Å². The van der Waals surface area contributed by atoms with Crippen molar-refractivity contribution in [2.45, 2.75) is 13.8 Å². The molecule has 0 atom stereocenters. The van der Waals surface area contributed by atoms with Crippen LogP contribution >= 0.6 is 0 Å². The number of benzene rings is 13. The molecule has 5 nitrogen and oxygen atoms in total. The lowest BCUT2D eigenvalue weighted by molar-refractivity contribution is 1.16. The molecule has 0 unspecified atom stereocenters. The van der Waals surface area contributed by atoms with Crippen molar-refractivity contribution in [1.82, 2.24) is 23.7 Å². The Hall–Kier alpha value is -11.7. The monoisotopic (exact) mass is 1140 g/mol. The van der Waals surface area contributed by atoms with E-state index in [9.17, 15) is 0 Å².